The smallest absolute Gasteiger partial charge is 0.256 e. The summed E-state index contributed by atoms with van der Waals surface area (Å²) in [5.74, 6) is -0.182. The molecule has 1 amide bonds. The third kappa shape index (κ3) is 4.23. The number of carbonyl (C=O) groups is 1. The maximum Gasteiger partial charge on any atom is 0.256 e. The van der Waals surface area contributed by atoms with Crippen molar-refractivity contribution in [2.45, 2.75) is 13.3 Å². The summed E-state index contributed by atoms with van der Waals surface area (Å²) in [6.45, 7) is 3.80. The van der Waals surface area contributed by atoms with Gasteiger partial charge in [-0.05, 0) is 19.4 Å². The average molecular weight is 400 g/mol. The van der Waals surface area contributed by atoms with Crippen LogP contribution in [0.1, 0.15) is 23.7 Å². The molecule has 0 saturated heterocycles. The zero-order valence-corrected chi connectivity index (χ0v) is 16.9. The maximum atomic E-state index is 12.8. The second-order valence-corrected chi connectivity index (χ2v) is 6.86. The molecule has 4 aromatic rings. The molecule has 0 radical (unpaired) electrons. The van der Waals surface area contributed by atoms with E-state index in [-0.39, 0.29) is 5.91 Å². The van der Waals surface area contributed by atoms with Gasteiger partial charge in [-0.1, -0.05) is 60.7 Å². The van der Waals surface area contributed by atoms with Crippen molar-refractivity contribution in [1.82, 2.24) is 19.9 Å². The number of hydrogen-bond acceptors (Lipinski definition) is 4. The van der Waals surface area contributed by atoms with Crippen molar-refractivity contribution in [3.63, 3.8) is 0 Å². The summed E-state index contributed by atoms with van der Waals surface area (Å²) in [4.78, 5) is 17.6. The summed E-state index contributed by atoms with van der Waals surface area (Å²) >= 11 is 0. The average Bonchev–Trinajstić information content (AvgIpc) is 3.23. The Balaban J connectivity index is 1.74. The van der Waals surface area contributed by atoms with E-state index in [2.05, 4.69) is 10.4 Å². The monoisotopic (exact) mass is 400 g/mol. The van der Waals surface area contributed by atoms with Crippen LogP contribution in [0.2, 0.25) is 0 Å². The lowest BCUT2D eigenvalue weighted by molar-refractivity contribution is 0.0945. The van der Waals surface area contributed by atoms with Crippen molar-refractivity contribution in [3.8, 4) is 22.5 Å². The van der Waals surface area contributed by atoms with Crippen LogP contribution >= 0.6 is 0 Å². The second-order valence-electron chi connectivity index (χ2n) is 6.86. The van der Waals surface area contributed by atoms with Gasteiger partial charge in [-0.2, -0.15) is 5.10 Å². The highest BCUT2D eigenvalue weighted by molar-refractivity contribution is 6.00. The summed E-state index contributed by atoms with van der Waals surface area (Å²) in [5, 5.41) is 7.42. The third-order valence-electron chi connectivity index (χ3n) is 4.81. The van der Waals surface area contributed by atoms with Crippen molar-refractivity contribution >= 4 is 11.6 Å². The molecule has 2 aromatic carbocycles. The largest absolute Gasteiger partial charge is 0.382 e. The number of rotatable bonds is 8. The number of carbonyl (C=O) groups excluding carboxylic acids is 1. The minimum Gasteiger partial charge on any atom is -0.382 e. The first-order valence-electron chi connectivity index (χ1n) is 10.1. The van der Waals surface area contributed by atoms with Crippen LogP contribution in [0.15, 0.2) is 72.9 Å². The van der Waals surface area contributed by atoms with Crippen molar-refractivity contribution in [3.05, 3.63) is 78.5 Å². The van der Waals surface area contributed by atoms with Crippen LogP contribution in [0, 0.1) is 0 Å². The zero-order chi connectivity index (χ0) is 20.8. The summed E-state index contributed by atoms with van der Waals surface area (Å²) in [6.07, 6.45) is 2.35. The molecule has 1 N–H and O–H groups in total. The Morgan fingerprint density at radius 3 is 2.43 bits per heavy atom. The quantitative estimate of drug-likeness (QED) is 0.450. The number of hydrogen-bond donors (Lipinski definition) is 1. The summed E-state index contributed by atoms with van der Waals surface area (Å²) < 4.78 is 7.06. The minimum atomic E-state index is -0.182. The Labute approximate surface area is 175 Å². The molecular weight excluding hydrogens is 376 g/mol. The molecule has 0 aliphatic carbocycles. The molecule has 0 aliphatic heterocycles. The summed E-state index contributed by atoms with van der Waals surface area (Å²) in [6, 6.07) is 22.0. The number of fused-ring (bicyclic) bond motifs is 1. The first-order chi connectivity index (χ1) is 14.8. The van der Waals surface area contributed by atoms with Crippen LogP contribution in [-0.2, 0) is 4.74 Å². The van der Waals surface area contributed by atoms with E-state index < -0.39 is 0 Å². The third-order valence-corrected chi connectivity index (χ3v) is 4.81. The van der Waals surface area contributed by atoms with E-state index in [9.17, 15) is 4.79 Å². The van der Waals surface area contributed by atoms with E-state index >= 15 is 0 Å². The van der Waals surface area contributed by atoms with E-state index in [0.717, 1.165) is 28.9 Å². The van der Waals surface area contributed by atoms with Crippen LogP contribution in [0.3, 0.4) is 0 Å². The first-order valence-corrected chi connectivity index (χ1v) is 10.1. The molecule has 0 aliphatic rings. The van der Waals surface area contributed by atoms with Gasteiger partial charge >= 0.3 is 0 Å². The molecule has 152 valence electrons. The maximum absolute atomic E-state index is 12.8. The Hall–Kier alpha value is -3.51. The fourth-order valence-corrected chi connectivity index (χ4v) is 3.31. The first kappa shape index (κ1) is 19.8. The molecule has 6 nitrogen and oxygen atoms in total. The Morgan fingerprint density at radius 2 is 1.73 bits per heavy atom. The van der Waals surface area contributed by atoms with Gasteiger partial charge in [-0.25, -0.2) is 9.50 Å². The molecule has 0 atom stereocenters. The van der Waals surface area contributed by atoms with E-state index in [0.29, 0.717) is 31.0 Å². The van der Waals surface area contributed by atoms with Crippen LogP contribution in [0.5, 0.6) is 0 Å². The molecule has 6 heteroatoms. The molecule has 0 bridgehead atoms. The van der Waals surface area contributed by atoms with Gasteiger partial charge in [0, 0.05) is 30.9 Å². The standard InChI is InChI=1S/C24H24N4O2/c1-2-30-15-9-14-25-24(29)20-17-26-28-22(19-12-7-4-8-13-19)16-21(27-23(20)28)18-10-5-3-6-11-18/h3-8,10-13,16-17H,2,9,14-15H2,1H3,(H,25,29). The van der Waals surface area contributed by atoms with E-state index in [1.54, 1.807) is 10.7 Å². The number of benzene rings is 2. The number of ether oxygens (including phenoxy) is 1. The lowest BCUT2D eigenvalue weighted by Crippen LogP contribution is -2.25. The van der Waals surface area contributed by atoms with Gasteiger partial charge in [-0.3, -0.25) is 4.79 Å². The highest BCUT2D eigenvalue weighted by atomic mass is 16.5. The highest BCUT2D eigenvalue weighted by Crippen LogP contribution is 2.27. The van der Waals surface area contributed by atoms with E-state index in [4.69, 9.17) is 9.72 Å². The second kappa shape index (κ2) is 9.33. The van der Waals surface area contributed by atoms with Crippen LogP contribution < -0.4 is 5.32 Å². The Kier molecular flexibility index (Phi) is 6.15. The molecular formula is C24H24N4O2. The molecule has 30 heavy (non-hydrogen) atoms. The van der Waals surface area contributed by atoms with Crippen LogP contribution in [0.25, 0.3) is 28.2 Å². The SMILES string of the molecule is CCOCCCNC(=O)c1cnn2c(-c3ccccc3)cc(-c3ccccc3)nc12. The van der Waals surface area contributed by atoms with Gasteiger partial charge < -0.3 is 10.1 Å². The van der Waals surface area contributed by atoms with Crippen molar-refractivity contribution in [2.24, 2.45) is 0 Å². The zero-order valence-electron chi connectivity index (χ0n) is 16.9. The van der Waals surface area contributed by atoms with Gasteiger partial charge in [0.15, 0.2) is 5.65 Å². The van der Waals surface area contributed by atoms with Gasteiger partial charge in [0.1, 0.15) is 5.56 Å². The van der Waals surface area contributed by atoms with Crippen molar-refractivity contribution in [2.75, 3.05) is 19.8 Å². The molecule has 0 unspecified atom stereocenters. The number of amides is 1. The van der Waals surface area contributed by atoms with Crippen LogP contribution in [0.4, 0.5) is 0 Å². The Morgan fingerprint density at radius 1 is 1.03 bits per heavy atom. The molecule has 2 heterocycles. The fourth-order valence-electron chi connectivity index (χ4n) is 3.31. The normalized spacial score (nSPS) is 11.0. The lowest BCUT2D eigenvalue weighted by Gasteiger charge is -2.10. The van der Waals surface area contributed by atoms with Gasteiger partial charge in [0.05, 0.1) is 17.6 Å². The molecule has 0 fully saturated rings. The lowest BCUT2D eigenvalue weighted by atomic mass is 10.1. The van der Waals surface area contributed by atoms with E-state index in [1.807, 2.05) is 73.7 Å². The Bertz CT molecular complexity index is 1120. The molecule has 0 saturated carbocycles. The van der Waals surface area contributed by atoms with Crippen LogP contribution in [-0.4, -0.2) is 40.3 Å². The molecule has 0 spiro atoms. The predicted octanol–water partition coefficient (Wildman–Crippen LogP) is 4.22. The number of nitrogens with one attached hydrogen (secondary N) is 1. The van der Waals surface area contributed by atoms with Gasteiger partial charge in [0.25, 0.3) is 5.91 Å². The topological polar surface area (TPSA) is 68.5 Å². The number of aromatic nitrogens is 3. The van der Waals surface area contributed by atoms with Crippen molar-refractivity contribution in [1.29, 1.82) is 0 Å². The summed E-state index contributed by atoms with van der Waals surface area (Å²) in [5.41, 5.74) is 4.68. The minimum absolute atomic E-state index is 0.182. The van der Waals surface area contributed by atoms with Crippen molar-refractivity contribution < 1.29 is 9.53 Å². The highest BCUT2D eigenvalue weighted by Gasteiger charge is 2.18. The molecule has 2 aromatic heterocycles. The molecule has 4 rings (SSSR count). The number of nitrogens with zero attached hydrogens (tertiary/aromatic N) is 3. The predicted molar refractivity (Wildman–Crippen MR) is 117 cm³/mol. The summed E-state index contributed by atoms with van der Waals surface area (Å²) in [7, 11) is 0. The van der Waals surface area contributed by atoms with E-state index in [1.165, 1.54) is 0 Å². The fraction of sp³-hybridized carbons (Fsp3) is 0.208. The van der Waals surface area contributed by atoms with Gasteiger partial charge in [0.2, 0.25) is 0 Å². The van der Waals surface area contributed by atoms with Gasteiger partial charge in [-0.15, -0.1) is 0 Å².